The molecule has 0 aromatic heterocycles. The van der Waals surface area contributed by atoms with Crippen LogP contribution in [0.15, 0.2) is 30.3 Å². The van der Waals surface area contributed by atoms with Crippen LogP contribution in [-0.4, -0.2) is 30.9 Å². The van der Waals surface area contributed by atoms with Gasteiger partial charge < -0.3 is 16.4 Å². The van der Waals surface area contributed by atoms with E-state index in [1.54, 1.807) is 12.1 Å². The molecule has 2 amide bonds. The predicted molar refractivity (Wildman–Crippen MR) is 91.3 cm³/mol. The van der Waals surface area contributed by atoms with E-state index < -0.39 is 0 Å². The first-order valence-electron chi connectivity index (χ1n) is 8.03. The van der Waals surface area contributed by atoms with Gasteiger partial charge in [0.15, 0.2) is 0 Å². The van der Waals surface area contributed by atoms with Gasteiger partial charge in [0, 0.05) is 24.7 Å². The van der Waals surface area contributed by atoms with Gasteiger partial charge in [-0.25, -0.2) is 0 Å². The van der Waals surface area contributed by atoms with Crippen LogP contribution >= 0.6 is 12.4 Å². The highest BCUT2D eigenvalue weighted by Gasteiger charge is 2.48. The number of benzene rings is 1. The average Bonchev–Trinajstić information content (AvgIpc) is 3.13. The van der Waals surface area contributed by atoms with Gasteiger partial charge >= 0.3 is 0 Å². The summed E-state index contributed by atoms with van der Waals surface area (Å²) < 4.78 is 0. The summed E-state index contributed by atoms with van der Waals surface area (Å²) in [5, 5.41) is 5.72. The molecule has 6 heteroatoms. The first kappa shape index (κ1) is 17.8. The zero-order chi connectivity index (χ0) is 15.5. The van der Waals surface area contributed by atoms with Crippen LogP contribution in [0.4, 0.5) is 0 Å². The van der Waals surface area contributed by atoms with Gasteiger partial charge in [-0.05, 0) is 43.2 Å². The first-order chi connectivity index (χ1) is 10.7. The molecule has 4 N–H and O–H groups in total. The summed E-state index contributed by atoms with van der Waals surface area (Å²) in [6.45, 7) is 0.869. The highest BCUT2D eigenvalue weighted by Crippen LogP contribution is 2.47. The minimum atomic E-state index is -0.119. The van der Waals surface area contributed by atoms with Crippen LogP contribution in [0.25, 0.3) is 0 Å². The molecule has 126 valence electrons. The van der Waals surface area contributed by atoms with Gasteiger partial charge in [-0.15, -0.1) is 12.4 Å². The molecule has 23 heavy (non-hydrogen) atoms. The Kier molecular flexibility index (Phi) is 6.02. The van der Waals surface area contributed by atoms with Crippen LogP contribution < -0.4 is 16.4 Å². The van der Waals surface area contributed by atoms with Crippen molar-refractivity contribution < 1.29 is 9.59 Å². The Morgan fingerprint density at radius 3 is 2.35 bits per heavy atom. The number of rotatable bonds is 5. The van der Waals surface area contributed by atoms with E-state index in [9.17, 15) is 9.59 Å². The second-order valence-corrected chi connectivity index (χ2v) is 6.35. The van der Waals surface area contributed by atoms with Crippen LogP contribution in [0.1, 0.15) is 29.6 Å². The zero-order valence-corrected chi connectivity index (χ0v) is 13.9. The minimum Gasteiger partial charge on any atom is -0.354 e. The van der Waals surface area contributed by atoms with Gasteiger partial charge in [0.25, 0.3) is 5.91 Å². The van der Waals surface area contributed by atoms with Crippen molar-refractivity contribution in [3.05, 3.63) is 35.9 Å². The SMILES string of the molecule is Cl.NC1C2CCC(C2)C1C(=O)NCCNC(=O)c1ccccc1. The molecule has 2 fully saturated rings. The normalized spacial score (nSPS) is 28.0. The Hall–Kier alpha value is -1.59. The summed E-state index contributed by atoms with van der Waals surface area (Å²) >= 11 is 0. The molecular weight excluding hydrogens is 314 g/mol. The van der Waals surface area contributed by atoms with E-state index in [2.05, 4.69) is 10.6 Å². The van der Waals surface area contributed by atoms with Crippen molar-refractivity contribution in [1.29, 1.82) is 0 Å². The Labute approximate surface area is 142 Å². The number of fused-ring (bicyclic) bond motifs is 2. The number of amides is 2. The molecule has 2 aliphatic rings. The lowest BCUT2D eigenvalue weighted by Gasteiger charge is -2.27. The van der Waals surface area contributed by atoms with Gasteiger partial charge in [0.1, 0.15) is 0 Å². The number of nitrogens with one attached hydrogen (secondary N) is 2. The molecule has 4 atom stereocenters. The smallest absolute Gasteiger partial charge is 0.251 e. The topological polar surface area (TPSA) is 84.2 Å². The van der Waals surface area contributed by atoms with Crippen molar-refractivity contribution in [2.24, 2.45) is 23.5 Å². The van der Waals surface area contributed by atoms with Crippen LogP contribution in [0.5, 0.6) is 0 Å². The monoisotopic (exact) mass is 337 g/mol. The summed E-state index contributed by atoms with van der Waals surface area (Å²) in [6.07, 6.45) is 3.40. The maximum absolute atomic E-state index is 12.3. The van der Waals surface area contributed by atoms with Gasteiger partial charge in [-0.3, -0.25) is 9.59 Å². The van der Waals surface area contributed by atoms with Crippen molar-refractivity contribution in [2.75, 3.05) is 13.1 Å². The molecule has 0 heterocycles. The second-order valence-electron chi connectivity index (χ2n) is 6.35. The fourth-order valence-electron chi connectivity index (χ4n) is 3.90. The minimum absolute atomic E-state index is 0. The van der Waals surface area contributed by atoms with E-state index in [0.29, 0.717) is 30.5 Å². The maximum atomic E-state index is 12.3. The molecule has 0 saturated heterocycles. The van der Waals surface area contributed by atoms with Crippen LogP contribution in [-0.2, 0) is 4.79 Å². The third-order valence-corrected chi connectivity index (χ3v) is 5.03. The first-order valence-corrected chi connectivity index (χ1v) is 8.03. The average molecular weight is 338 g/mol. The second kappa shape index (κ2) is 7.79. The van der Waals surface area contributed by atoms with Crippen molar-refractivity contribution in [1.82, 2.24) is 10.6 Å². The highest BCUT2D eigenvalue weighted by molar-refractivity contribution is 5.94. The molecule has 0 radical (unpaired) electrons. The Balaban J connectivity index is 0.00000192. The molecule has 2 aliphatic carbocycles. The van der Waals surface area contributed by atoms with E-state index in [1.165, 1.54) is 6.42 Å². The molecule has 0 spiro atoms. The van der Waals surface area contributed by atoms with Crippen molar-refractivity contribution in [3.8, 4) is 0 Å². The van der Waals surface area contributed by atoms with Crippen LogP contribution in [0.2, 0.25) is 0 Å². The number of hydrogen-bond donors (Lipinski definition) is 3. The highest BCUT2D eigenvalue weighted by atomic mass is 35.5. The lowest BCUT2D eigenvalue weighted by Crippen LogP contribution is -2.46. The van der Waals surface area contributed by atoms with E-state index in [-0.39, 0.29) is 36.2 Å². The fourth-order valence-corrected chi connectivity index (χ4v) is 3.90. The van der Waals surface area contributed by atoms with Crippen LogP contribution in [0, 0.1) is 17.8 Å². The standard InChI is InChI=1S/C17H23N3O2.ClH/c18-15-13-7-6-12(10-13)14(15)17(22)20-9-8-19-16(21)11-4-2-1-3-5-11;/h1-5,12-15H,6-10,18H2,(H,19,21)(H,20,22);1H. The van der Waals surface area contributed by atoms with E-state index >= 15 is 0 Å². The number of halogens is 1. The number of hydrogen-bond acceptors (Lipinski definition) is 3. The summed E-state index contributed by atoms with van der Waals surface area (Å²) in [7, 11) is 0. The molecule has 1 aromatic carbocycles. The van der Waals surface area contributed by atoms with Crippen molar-refractivity contribution in [2.45, 2.75) is 25.3 Å². The quantitative estimate of drug-likeness (QED) is 0.709. The maximum Gasteiger partial charge on any atom is 0.251 e. The van der Waals surface area contributed by atoms with Gasteiger partial charge in [0.2, 0.25) is 5.91 Å². The van der Waals surface area contributed by atoms with Gasteiger partial charge in [-0.1, -0.05) is 18.2 Å². The zero-order valence-electron chi connectivity index (χ0n) is 13.0. The number of carbonyl (C=O) groups excluding carboxylic acids is 2. The number of nitrogens with two attached hydrogens (primary N) is 1. The molecular formula is C17H24ClN3O2. The third-order valence-electron chi connectivity index (χ3n) is 5.03. The van der Waals surface area contributed by atoms with E-state index in [1.807, 2.05) is 18.2 Å². The third kappa shape index (κ3) is 3.85. The Morgan fingerprint density at radius 2 is 1.70 bits per heavy atom. The fraction of sp³-hybridized carbons (Fsp3) is 0.529. The lowest BCUT2D eigenvalue weighted by atomic mass is 9.84. The summed E-state index contributed by atoms with van der Waals surface area (Å²) in [5.74, 6) is 0.876. The van der Waals surface area contributed by atoms with Crippen LogP contribution in [0.3, 0.4) is 0 Å². The molecule has 0 aliphatic heterocycles. The summed E-state index contributed by atoms with van der Waals surface area (Å²) in [6, 6.07) is 9.07. The largest absolute Gasteiger partial charge is 0.354 e. The Bertz CT molecular complexity index is 550. The van der Waals surface area contributed by atoms with E-state index in [4.69, 9.17) is 5.73 Å². The molecule has 5 nitrogen and oxygen atoms in total. The molecule has 1 aromatic rings. The lowest BCUT2D eigenvalue weighted by molar-refractivity contribution is -0.127. The molecule has 4 unspecified atom stereocenters. The van der Waals surface area contributed by atoms with Gasteiger partial charge in [0.05, 0.1) is 5.92 Å². The summed E-state index contributed by atoms with van der Waals surface area (Å²) in [4.78, 5) is 24.1. The van der Waals surface area contributed by atoms with E-state index in [0.717, 1.165) is 12.8 Å². The summed E-state index contributed by atoms with van der Waals surface area (Å²) in [5.41, 5.74) is 6.79. The Morgan fingerprint density at radius 1 is 1.04 bits per heavy atom. The van der Waals surface area contributed by atoms with Crippen molar-refractivity contribution in [3.63, 3.8) is 0 Å². The van der Waals surface area contributed by atoms with Crippen molar-refractivity contribution >= 4 is 24.2 Å². The molecule has 2 bridgehead atoms. The number of carbonyl (C=O) groups is 2. The van der Waals surface area contributed by atoms with Gasteiger partial charge in [-0.2, -0.15) is 0 Å². The predicted octanol–water partition coefficient (Wildman–Crippen LogP) is 1.33. The molecule has 3 rings (SSSR count). The molecule has 2 saturated carbocycles.